The SMILES string of the molecule is O=C(N[C@@H](Cc1ccccc1)C(=O)N1CC[NH+](Cc2ccncc2)CC1)c1ccco1. The first-order valence-corrected chi connectivity index (χ1v) is 10.6. The van der Waals surface area contributed by atoms with E-state index < -0.39 is 6.04 Å². The molecule has 0 aliphatic carbocycles. The monoisotopic (exact) mass is 419 g/mol. The van der Waals surface area contributed by atoms with Gasteiger partial charge in [0.05, 0.1) is 32.4 Å². The molecule has 31 heavy (non-hydrogen) atoms. The summed E-state index contributed by atoms with van der Waals surface area (Å²) in [6.45, 7) is 4.01. The lowest BCUT2D eigenvalue weighted by Crippen LogP contribution is -3.13. The fourth-order valence-corrected chi connectivity index (χ4v) is 3.92. The normalized spacial score (nSPS) is 15.4. The van der Waals surface area contributed by atoms with E-state index in [-0.39, 0.29) is 17.6 Å². The summed E-state index contributed by atoms with van der Waals surface area (Å²) in [6.07, 6.45) is 5.51. The third kappa shape index (κ3) is 5.58. The molecule has 0 spiro atoms. The minimum Gasteiger partial charge on any atom is -0.459 e. The van der Waals surface area contributed by atoms with Gasteiger partial charge in [0.1, 0.15) is 12.6 Å². The molecule has 7 nitrogen and oxygen atoms in total. The highest BCUT2D eigenvalue weighted by Crippen LogP contribution is 2.09. The Morgan fingerprint density at radius 3 is 2.42 bits per heavy atom. The number of hydrogen-bond acceptors (Lipinski definition) is 4. The second-order valence-corrected chi connectivity index (χ2v) is 7.80. The van der Waals surface area contributed by atoms with E-state index in [0.717, 1.165) is 25.2 Å². The van der Waals surface area contributed by atoms with Gasteiger partial charge >= 0.3 is 0 Å². The van der Waals surface area contributed by atoms with Gasteiger partial charge in [-0.3, -0.25) is 14.6 Å². The molecule has 0 saturated carbocycles. The molecule has 1 aromatic carbocycles. The number of amides is 2. The molecule has 2 N–H and O–H groups in total. The molecule has 1 aliphatic rings. The molecule has 2 amide bonds. The topological polar surface area (TPSA) is 79.9 Å². The van der Waals surface area contributed by atoms with Crippen LogP contribution in [0.2, 0.25) is 0 Å². The number of piperazine rings is 1. The lowest BCUT2D eigenvalue weighted by molar-refractivity contribution is -0.917. The average molecular weight is 420 g/mol. The highest BCUT2D eigenvalue weighted by atomic mass is 16.3. The molecule has 1 saturated heterocycles. The second-order valence-electron chi connectivity index (χ2n) is 7.80. The van der Waals surface area contributed by atoms with E-state index in [1.165, 1.54) is 16.7 Å². The maximum absolute atomic E-state index is 13.3. The van der Waals surface area contributed by atoms with E-state index in [9.17, 15) is 9.59 Å². The number of benzene rings is 1. The van der Waals surface area contributed by atoms with Crippen LogP contribution in [0, 0.1) is 0 Å². The first kappa shape index (κ1) is 20.8. The number of carbonyl (C=O) groups excluding carboxylic acids is 2. The highest BCUT2D eigenvalue weighted by molar-refractivity contribution is 5.95. The molecule has 0 bridgehead atoms. The lowest BCUT2D eigenvalue weighted by atomic mass is 10.0. The number of furan rings is 1. The molecule has 2 aromatic heterocycles. The van der Waals surface area contributed by atoms with Crippen molar-refractivity contribution >= 4 is 11.8 Å². The fourth-order valence-electron chi connectivity index (χ4n) is 3.92. The quantitative estimate of drug-likeness (QED) is 0.598. The molecule has 1 fully saturated rings. The van der Waals surface area contributed by atoms with Gasteiger partial charge in [-0.2, -0.15) is 0 Å². The van der Waals surface area contributed by atoms with E-state index in [2.05, 4.69) is 10.3 Å². The summed E-state index contributed by atoms with van der Waals surface area (Å²) >= 11 is 0. The van der Waals surface area contributed by atoms with Crippen molar-refractivity contribution in [3.05, 3.63) is 90.1 Å². The Bertz CT molecular complexity index is 969. The van der Waals surface area contributed by atoms with Crippen LogP contribution in [0.5, 0.6) is 0 Å². The Balaban J connectivity index is 1.40. The third-order valence-corrected chi connectivity index (χ3v) is 5.62. The maximum Gasteiger partial charge on any atom is 0.287 e. The molecular weight excluding hydrogens is 392 g/mol. The molecule has 160 valence electrons. The summed E-state index contributed by atoms with van der Waals surface area (Å²) in [5.41, 5.74) is 2.25. The molecule has 0 radical (unpaired) electrons. The van der Waals surface area contributed by atoms with Crippen LogP contribution in [0.1, 0.15) is 21.7 Å². The van der Waals surface area contributed by atoms with Crippen LogP contribution in [-0.4, -0.2) is 53.9 Å². The van der Waals surface area contributed by atoms with E-state index in [4.69, 9.17) is 4.42 Å². The Labute approximate surface area is 181 Å². The largest absolute Gasteiger partial charge is 0.459 e. The summed E-state index contributed by atoms with van der Waals surface area (Å²) in [7, 11) is 0. The predicted octanol–water partition coefficient (Wildman–Crippen LogP) is 0.943. The summed E-state index contributed by atoms with van der Waals surface area (Å²) in [5.74, 6) is -0.217. The van der Waals surface area contributed by atoms with Crippen LogP contribution in [0.15, 0.2) is 77.7 Å². The number of pyridine rings is 1. The van der Waals surface area contributed by atoms with E-state index in [1.807, 2.05) is 59.8 Å². The zero-order valence-electron chi connectivity index (χ0n) is 17.4. The smallest absolute Gasteiger partial charge is 0.287 e. The van der Waals surface area contributed by atoms with Crippen LogP contribution in [0.4, 0.5) is 0 Å². The molecule has 4 rings (SSSR count). The van der Waals surface area contributed by atoms with Gasteiger partial charge in [0.25, 0.3) is 5.91 Å². The standard InChI is InChI=1S/C24H26N4O3/c29-23(22-7-4-16-31-22)26-21(17-19-5-2-1-3-6-19)24(30)28-14-12-27(13-15-28)18-20-8-10-25-11-9-20/h1-11,16,21H,12-15,17-18H2,(H,26,29)/p+1/t21-/m0/s1. The van der Waals surface area contributed by atoms with Crippen molar-refractivity contribution in [3.8, 4) is 0 Å². The van der Waals surface area contributed by atoms with Gasteiger partial charge in [-0.15, -0.1) is 0 Å². The van der Waals surface area contributed by atoms with Gasteiger partial charge in [-0.05, 0) is 29.8 Å². The van der Waals surface area contributed by atoms with Crippen molar-refractivity contribution in [1.82, 2.24) is 15.2 Å². The van der Waals surface area contributed by atoms with Crippen LogP contribution in [0.3, 0.4) is 0 Å². The lowest BCUT2D eigenvalue weighted by Gasteiger charge is -2.34. The van der Waals surface area contributed by atoms with Crippen molar-refractivity contribution in [2.45, 2.75) is 19.0 Å². The van der Waals surface area contributed by atoms with Crippen molar-refractivity contribution in [3.63, 3.8) is 0 Å². The number of rotatable bonds is 7. The zero-order chi connectivity index (χ0) is 21.5. The Morgan fingerprint density at radius 2 is 1.74 bits per heavy atom. The van der Waals surface area contributed by atoms with Gasteiger partial charge in [0, 0.05) is 24.4 Å². The highest BCUT2D eigenvalue weighted by Gasteiger charge is 2.31. The van der Waals surface area contributed by atoms with Gasteiger partial charge in [-0.1, -0.05) is 30.3 Å². The minimum atomic E-state index is -0.637. The number of nitrogens with zero attached hydrogens (tertiary/aromatic N) is 2. The number of hydrogen-bond donors (Lipinski definition) is 2. The average Bonchev–Trinajstić information content (AvgIpc) is 3.35. The summed E-state index contributed by atoms with van der Waals surface area (Å²) < 4.78 is 5.20. The molecule has 7 heteroatoms. The first-order valence-electron chi connectivity index (χ1n) is 10.6. The van der Waals surface area contributed by atoms with Crippen LogP contribution in [-0.2, 0) is 17.8 Å². The number of aromatic nitrogens is 1. The van der Waals surface area contributed by atoms with Crippen molar-refractivity contribution in [1.29, 1.82) is 0 Å². The number of nitrogens with one attached hydrogen (secondary N) is 2. The molecule has 3 heterocycles. The predicted molar refractivity (Wildman–Crippen MR) is 115 cm³/mol. The van der Waals surface area contributed by atoms with Crippen molar-refractivity contribution < 1.29 is 18.9 Å². The molecule has 0 unspecified atom stereocenters. The van der Waals surface area contributed by atoms with Crippen molar-refractivity contribution in [2.24, 2.45) is 0 Å². The van der Waals surface area contributed by atoms with Gasteiger partial charge in [0.15, 0.2) is 5.76 Å². The minimum absolute atomic E-state index is 0.0493. The molecule has 3 aromatic rings. The second kappa shape index (κ2) is 10.0. The number of carbonyl (C=O) groups is 2. The van der Waals surface area contributed by atoms with E-state index >= 15 is 0 Å². The molecule has 1 atom stereocenters. The Kier molecular flexibility index (Phi) is 6.74. The fraction of sp³-hybridized carbons (Fsp3) is 0.292. The van der Waals surface area contributed by atoms with Crippen molar-refractivity contribution in [2.75, 3.05) is 26.2 Å². The Morgan fingerprint density at radius 1 is 1.00 bits per heavy atom. The third-order valence-electron chi connectivity index (χ3n) is 5.62. The molecular formula is C24H27N4O3+. The van der Waals surface area contributed by atoms with Gasteiger partial charge < -0.3 is 19.5 Å². The van der Waals surface area contributed by atoms with Crippen LogP contribution >= 0.6 is 0 Å². The molecule has 1 aliphatic heterocycles. The summed E-state index contributed by atoms with van der Waals surface area (Å²) in [6, 6.07) is 16.4. The van der Waals surface area contributed by atoms with E-state index in [0.29, 0.717) is 19.5 Å². The van der Waals surface area contributed by atoms with Gasteiger partial charge in [0.2, 0.25) is 5.91 Å². The Hall–Kier alpha value is -3.45. The first-order chi connectivity index (χ1) is 15.2. The zero-order valence-corrected chi connectivity index (χ0v) is 17.4. The number of quaternary nitrogens is 1. The van der Waals surface area contributed by atoms with E-state index in [1.54, 1.807) is 12.1 Å². The summed E-state index contributed by atoms with van der Waals surface area (Å²) in [4.78, 5) is 33.3. The maximum atomic E-state index is 13.3. The van der Waals surface area contributed by atoms with Gasteiger partial charge in [-0.25, -0.2) is 0 Å². The van der Waals surface area contributed by atoms with Crippen LogP contribution < -0.4 is 10.2 Å². The summed E-state index contributed by atoms with van der Waals surface area (Å²) in [5, 5.41) is 2.88. The van der Waals surface area contributed by atoms with Crippen LogP contribution in [0.25, 0.3) is 0 Å².